The molecule has 0 aliphatic heterocycles. The zero-order chi connectivity index (χ0) is 14.2. The van der Waals surface area contributed by atoms with Crippen molar-refractivity contribution in [3.8, 4) is 0 Å². The van der Waals surface area contributed by atoms with Gasteiger partial charge in [0.15, 0.2) is 5.13 Å². The highest BCUT2D eigenvalue weighted by atomic mass is 79.9. The molecular formula is C10H9BrFN3O2S2. The molecule has 0 radical (unpaired) electrons. The molecule has 2 rings (SSSR count). The highest BCUT2D eigenvalue weighted by Gasteiger charge is 2.21. The summed E-state index contributed by atoms with van der Waals surface area (Å²) in [4.78, 5) is 3.33. The number of sulfonamides is 1. The lowest BCUT2D eigenvalue weighted by atomic mass is 10.2. The molecule has 0 spiro atoms. The van der Waals surface area contributed by atoms with Crippen LogP contribution in [0, 0.1) is 12.7 Å². The molecule has 1 aromatic heterocycles. The quantitative estimate of drug-likeness (QED) is 0.818. The molecule has 0 atom stereocenters. The lowest BCUT2D eigenvalue weighted by Crippen LogP contribution is -2.15. The van der Waals surface area contributed by atoms with E-state index in [0.29, 0.717) is 9.35 Å². The van der Waals surface area contributed by atoms with Crippen LogP contribution in [0.2, 0.25) is 0 Å². The van der Waals surface area contributed by atoms with Crippen molar-refractivity contribution in [3.05, 3.63) is 33.5 Å². The van der Waals surface area contributed by atoms with Gasteiger partial charge in [0, 0.05) is 5.69 Å². The molecule has 0 aliphatic rings. The van der Waals surface area contributed by atoms with Gasteiger partial charge in [0.25, 0.3) is 10.0 Å². The summed E-state index contributed by atoms with van der Waals surface area (Å²) in [7, 11) is -4.05. The standard InChI is InChI=1S/C10H9BrFN3O2S2/c1-5-2-6(12)8(3-7(5)13)19(16,17)15-10-14-4-9(11)18-10/h2-4H,13H2,1H3,(H,14,15). The van der Waals surface area contributed by atoms with Gasteiger partial charge >= 0.3 is 0 Å². The van der Waals surface area contributed by atoms with Crippen molar-refractivity contribution in [3.63, 3.8) is 0 Å². The highest BCUT2D eigenvalue weighted by Crippen LogP contribution is 2.27. The molecule has 0 amide bonds. The van der Waals surface area contributed by atoms with E-state index in [0.717, 1.165) is 23.5 Å². The van der Waals surface area contributed by atoms with Gasteiger partial charge < -0.3 is 5.73 Å². The fourth-order valence-corrected chi connectivity index (χ4v) is 3.79. The van der Waals surface area contributed by atoms with Crippen molar-refractivity contribution < 1.29 is 12.8 Å². The number of nitrogens with zero attached hydrogens (tertiary/aromatic N) is 1. The van der Waals surface area contributed by atoms with Crippen LogP contribution in [0.3, 0.4) is 0 Å². The van der Waals surface area contributed by atoms with E-state index in [2.05, 4.69) is 25.6 Å². The molecule has 3 N–H and O–H groups in total. The van der Waals surface area contributed by atoms with Crippen LogP contribution in [0.4, 0.5) is 15.2 Å². The molecule has 0 saturated heterocycles. The minimum Gasteiger partial charge on any atom is -0.398 e. The van der Waals surface area contributed by atoms with Gasteiger partial charge in [0.2, 0.25) is 0 Å². The molecule has 0 unspecified atom stereocenters. The van der Waals surface area contributed by atoms with Crippen molar-refractivity contribution in [1.82, 2.24) is 4.98 Å². The third-order valence-corrected chi connectivity index (χ3v) is 5.18. The molecule has 0 aliphatic carbocycles. The number of thiazole rings is 1. The minimum atomic E-state index is -4.05. The maximum Gasteiger partial charge on any atom is 0.266 e. The molecule has 0 bridgehead atoms. The molecule has 9 heteroatoms. The van der Waals surface area contributed by atoms with Crippen LogP contribution in [-0.4, -0.2) is 13.4 Å². The zero-order valence-electron chi connectivity index (χ0n) is 9.65. The Labute approximate surface area is 121 Å². The van der Waals surface area contributed by atoms with Gasteiger partial charge in [-0.3, -0.25) is 4.72 Å². The number of hydrogen-bond donors (Lipinski definition) is 2. The van der Waals surface area contributed by atoms with Crippen LogP contribution < -0.4 is 10.5 Å². The van der Waals surface area contributed by atoms with Gasteiger partial charge in [0.05, 0.1) is 9.98 Å². The Morgan fingerprint density at radius 3 is 2.74 bits per heavy atom. The monoisotopic (exact) mass is 365 g/mol. The van der Waals surface area contributed by atoms with Crippen LogP contribution in [-0.2, 0) is 10.0 Å². The van der Waals surface area contributed by atoms with Crippen LogP contribution in [0.25, 0.3) is 0 Å². The summed E-state index contributed by atoms with van der Waals surface area (Å²) in [5, 5.41) is 0.144. The van der Waals surface area contributed by atoms with Crippen LogP contribution in [0.5, 0.6) is 0 Å². The smallest absolute Gasteiger partial charge is 0.266 e. The maximum atomic E-state index is 13.7. The number of halogens is 2. The Morgan fingerprint density at radius 2 is 2.16 bits per heavy atom. The second-order valence-corrected chi connectivity index (χ2v) is 7.77. The largest absolute Gasteiger partial charge is 0.398 e. The number of nitrogens with two attached hydrogens (primary N) is 1. The summed E-state index contributed by atoms with van der Waals surface area (Å²) in [6.45, 7) is 1.60. The summed E-state index contributed by atoms with van der Waals surface area (Å²) in [6, 6.07) is 2.18. The molecular weight excluding hydrogens is 357 g/mol. The first-order valence-electron chi connectivity index (χ1n) is 4.99. The van der Waals surface area contributed by atoms with Crippen LogP contribution >= 0.6 is 27.3 Å². The third kappa shape index (κ3) is 3.04. The number of rotatable bonds is 3. The van der Waals surface area contributed by atoms with E-state index < -0.39 is 20.7 Å². The number of nitrogens with one attached hydrogen (secondary N) is 1. The molecule has 5 nitrogen and oxygen atoms in total. The van der Waals surface area contributed by atoms with E-state index in [1.54, 1.807) is 6.92 Å². The van der Waals surface area contributed by atoms with Gasteiger partial charge in [-0.1, -0.05) is 11.3 Å². The van der Waals surface area contributed by atoms with Crippen molar-refractivity contribution in [2.75, 3.05) is 10.5 Å². The SMILES string of the molecule is Cc1cc(F)c(S(=O)(=O)Nc2ncc(Br)s2)cc1N. The molecule has 1 aromatic carbocycles. The Kier molecular flexibility index (Phi) is 3.79. The predicted octanol–water partition coefficient (Wildman–Crippen LogP) is 2.74. The van der Waals surface area contributed by atoms with Crippen molar-refractivity contribution in [2.45, 2.75) is 11.8 Å². The average Bonchev–Trinajstić information content (AvgIpc) is 2.68. The minimum absolute atomic E-state index is 0.144. The molecule has 102 valence electrons. The number of hydrogen-bond acceptors (Lipinski definition) is 5. The summed E-state index contributed by atoms with van der Waals surface area (Å²) in [5.41, 5.74) is 6.29. The van der Waals surface area contributed by atoms with Gasteiger partial charge in [-0.25, -0.2) is 17.8 Å². The Bertz CT molecular complexity index is 730. The first kappa shape index (κ1) is 14.2. The van der Waals surface area contributed by atoms with Crippen LogP contribution in [0.1, 0.15) is 5.56 Å². The van der Waals surface area contributed by atoms with Crippen molar-refractivity contribution >= 4 is 48.1 Å². The Morgan fingerprint density at radius 1 is 1.47 bits per heavy atom. The number of aryl methyl sites for hydroxylation is 1. The third-order valence-electron chi connectivity index (χ3n) is 2.31. The second kappa shape index (κ2) is 5.06. The van der Waals surface area contributed by atoms with E-state index in [9.17, 15) is 12.8 Å². The fraction of sp³-hybridized carbons (Fsp3) is 0.100. The summed E-state index contributed by atoms with van der Waals surface area (Å²) < 4.78 is 40.7. The number of benzene rings is 1. The Balaban J connectivity index is 2.42. The number of anilines is 2. The van der Waals surface area contributed by atoms with E-state index in [1.165, 1.54) is 6.20 Å². The van der Waals surface area contributed by atoms with E-state index >= 15 is 0 Å². The van der Waals surface area contributed by atoms with E-state index in [-0.39, 0.29) is 10.8 Å². The van der Waals surface area contributed by atoms with Gasteiger partial charge in [-0.05, 0) is 40.5 Å². The highest BCUT2D eigenvalue weighted by molar-refractivity contribution is 9.11. The first-order chi connectivity index (χ1) is 8.79. The molecule has 2 aromatic rings. The second-order valence-electron chi connectivity index (χ2n) is 3.71. The number of aromatic nitrogens is 1. The lowest BCUT2D eigenvalue weighted by Gasteiger charge is -2.08. The van der Waals surface area contributed by atoms with Gasteiger partial charge in [-0.2, -0.15) is 0 Å². The van der Waals surface area contributed by atoms with E-state index in [1.807, 2.05) is 0 Å². The zero-order valence-corrected chi connectivity index (χ0v) is 12.9. The van der Waals surface area contributed by atoms with Crippen molar-refractivity contribution in [2.24, 2.45) is 0 Å². The molecule has 0 fully saturated rings. The normalized spacial score (nSPS) is 11.5. The first-order valence-corrected chi connectivity index (χ1v) is 8.08. The molecule has 1 heterocycles. The maximum absolute atomic E-state index is 13.7. The summed E-state index contributed by atoms with van der Waals surface area (Å²) >= 11 is 4.24. The number of nitrogen functional groups attached to an aromatic ring is 1. The molecule has 0 saturated carbocycles. The average molecular weight is 366 g/mol. The van der Waals surface area contributed by atoms with E-state index in [4.69, 9.17) is 5.73 Å². The van der Waals surface area contributed by atoms with Crippen LogP contribution in [0.15, 0.2) is 27.0 Å². The topological polar surface area (TPSA) is 85.1 Å². The van der Waals surface area contributed by atoms with Gasteiger partial charge in [-0.15, -0.1) is 0 Å². The van der Waals surface area contributed by atoms with Crippen molar-refractivity contribution in [1.29, 1.82) is 0 Å². The molecule has 19 heavy (non-hydrogen) atoms. The summed E-state index contributed by atoms with van der Waals surface area (Å²) in [5.74, 6) is -0.852. The Hall–Kier alpha value is -1.19. The fourth-order valence-electron chi connectivity index (χ4n) is 1.35. The lowest BCUT2D eigenvalue weighted by molar-refractivity contribution is 0.570. The van der Waals surface area contributed by atoms with Gasteiger partial charge in [0.1, 0.15) is 10.7 Å². The predicted molar refractivity (Wildman–Crippen MR) is 76.2 cm³/mol. The summed E-state index contributed by atoms with van der Waals surface area (Å²) in [6.07, 6.45) is 1.45.